The minimum atomic E-state index is -5.00. The van der Waals surface area contributed by atoms with Crippen molar-refractivity contribution in [1.82, 2.24) is 14.8 Å². The Labute approximate surface area is 305 Å². The van der Waals surface area contributed by atoms with E-state index in [-0.39, 0.29) is 54.7 Å². The zero-order valence-corrected chi connectivity index (χ0v) is 29.7. The molecule has 2 atom stereocenters. The number of nitrogens with zero attached hydrogens (tertiary/aromatic N) is 2. The minimum Gasteiger partial charge on any atom is -0.481 e. The number of pyridine rings is 1. The van der Waals surface area contributed by atoms with Gasteiger partial charge in [-0.05, 0) is 98.3 Å². The van der Waals surface area contributed by atoms with E-state index >= 15 is 8.78 Å². The van der Waals surface area contributed by atoms with Crippen molar-refractivity contribution < 1.29 is 50.9 Å². The summed E-state index contributed by atoms with van der Waals surface area (Å²) in [6, 6.07) is 5.89. The van der Waals surface area contributed by atoms with Gasteiger partial charge in [0.15, 0.2) is 0 Å². The number of rotatable bonds is 7. The van der Waals surface area contributed by atoms with Crippen LogP contribution in [0.4, 0.5) is 26.3 Å². The van der Waals surface area contributed by atoms with E-state index in [0.717, 1.165) is 18.3 Å². The first kappa shape index (κ1) is 38.6. The van der Waals surface area contributed by atoms with Gasteiger partial charge in [0, 0.05) is 48.6 Å². The molecular formula is C39H37F6N3O6. The second kappa shape index (κ2) is 14.3. The van der Waals surface area contributed by atoms with Gasteiger partial charge in [-0.25, -0.2) is 13.2 Å². The Hall–Kier alpha value is -5.15. The van der Waals surface area contributed by atoms with E-state index in [1.165, 1.54) is 31.2 Å². The van der Waals surface area contributed by atoms with Crippen molar-refractivity contribution in [2.45, 2.75) is 70.6 Å². The Morgan fingerprint density at radius 1 is 0.981 bits per heavy atom. The first-order valence-corrected chi connectivity index (χ1v) is 17.1. The summed E-state index contributed by atoms with van der Waals surface area (Å²) in [4.78, 5) is 41.7. The van der Waals surface area contributed by atoms with Gasteiger partial charge in [0.05, 0.1) is 23.6 Å². The van der Waals surface area contributed by atoms with E-state index in [1.54, 1.807) is 31.7 Å². The number of carbonyl (C=O) groups is 2. The molecule has 3 N–H and O–H groups in total. The van der Waals surface area contributed by atoms with Gasteiger partial charge >= 0.3 is 12.1 Å². The minimum absolute atomic E-state index is 0.00612. The number of fused-ring (bicyclic) bond motifs is 6. The fourth-order valence-corrected chi connectivity index (χ4v) is 6.98. The van der Waals surface area contributed by atoms with Crippen LogP contribution in [0.3, 0.4) is 0 Å². The first-order chi connectivity index (χ1) is 25.2. The Kier molecular flexibility index (Phi) is 10.2. The number of carboxylic acids is 1. The Bertz CT molecular complexity index is 2210. The monoisotopic (exact) mass is 757 g/mol. The zero-order valence-electron chi connectivity index (χ0n) is 29.7. The molecule has 3 aromatic carbocycles. The number of halogens is 6. The van der Waals surface area contributed by atoms with Crippen LogP contribution in [0.15, 0.2) is 59.5 Å². The van der Waals surface area contributed by atoms with Gasteiger partial charge in [-0.3, -0.25) is 23.9 Å². The number of carboxylic acid groups (broad SMARTS) is 1. The van der Waals surface area contributed by atoms with E-state index in [0.29, 0.717) is 26.8 Å². The molecule has 6 rings (SSSR count). The molecule has 9 nitrogen and oxygen atoms in total. The first-order valence-electron chi connectivity index (χ1n) is 17.1. The van der Waals surface area contributed by atoms with E-state index < -0.39 is 82.2 Å². The summed E-state index contributed by atoms with van der Waals surface area (Å²) in [6.07, 6.45) is -6.54. The highest BCUT2D eigenvalue weighted by atomic mass is 19.4. The van der Waals surface area contributed by atoms with Crippen LogP contribution in [-0.4, -0.2) is 57.4 Å². The van der Waals surface area contributed by atoms with Crippen molar-refractivity contribution in [3.8, 4) is 22.6 Å². The van der Waals surface area contributed by atoms with Crippen LogP contribution in [0.5, 0.6) is 11.5 Å². The summed E-state index contributed by atoms with van der Waals surface area (Å²) in [5.74, 6) is -4.58. The molecule has 2 aliphatic rings. The number of ether oxygens (including phenoxy) is 1. The number of benzene rings is 3. The fraction of sp³-hybridized carbons (Fsp3) is 0.359. The van der Waals surface area contributed by atoms with Crippen LogP contribution >= 0.6 is 0 Å². The summed E-state index contributed by atoms with van der Waals surface area (Å²) >= 11 is 0. The number of likely N-dealkylation sites (tertiary alicyclic amines) is 1. The number of amides is 1. The molecule has 4 aromatic rings. The number of aliphatic carboxylic acids is 1. The molecule has 286 valence electrons. The van der Waals surface area contributed by atoms with Gasteiger partial charge in [0.25, 0.3) is 5.56 Å². The number of aliphatic hydroxyl groups is 1. The summed E-state index contributed by atoms with van der Waals surface area (Å²) in [7, 11) is 0. The number of hydrogen-bond donors (Lipinski definition) is 3. The number of aryl methyl sites for hydroxylation is 2. The highest BCUT2D eigenvalue weighted by Crippen LogP contribution is 2.43. The number of carbonyl (C=O) groups excluding carboxylic acids is 1. The van der Waals surface area contributed by atoms with E-state index in [9.17, 15) is 42.2 Å². The average Bonchev–Trinajstić information content (AvgIpc) is 3.04. The van der Waals surface area contributed by atoms with E-state index in [1.807, 2.05) is 0 Å². The van der Waals surface area contributed by atoms with Crippen LogP contribution in [-0.2, 0) is 27.8 Å². The molecule has 1 fully saturated rings. The van der Waals surface area contributed by atoms with Crippen LogP contribution in [0, 0.1) is 25.5 Å². The average molecular weight is 758 g/mol. The standard InChI is InChI=1S/C39H37F6N3O6/c1-19-10-23(38(3,4)53)12-31-34(19)22-9-20(2)35(42)27(11-22)30(15-33(50)51)46-37(52)36(26-13-25(54-31)5-6-29(26)41)48-16-21(7-8-47-17-24(40)18-47)28(14-32(48)49)39(43,44)45/h5-6,9-14,16,24,30,36,53H,7-8,15,17-18H2,1-4H3,(H,46,52)(H,50,51)/t30-,36-/m1/s1. The molecule has 1 aromatic heterocycles. The van der Waals surface area contributed by atoms with Gasteiger partial charge in [0.1, 0.15) is 35.3 Å². The Morgan fingerprint density at radius 2 is 1.69 bits per heavy atom. The van der Waals surface area contributed by atoms with Gasteiger partial charge in [-0.15, -0.1) is 0 Å². The lowest BCUT2D eigenvalue weighted by atomic mass is 9.88. The normalized spacial score (nSPS) is 18.0. The van der Waals surface area contributed by atoms with Crippen LogP contribution in [0.1, 0.15) is 71.3 Å². The highest BCUT2D eigenvalue weighted by Gasteiger charge is 2.38. The molecule has 0 spiro atoms. The fourth-order valence-electron chi connectivity index (χ4n) is 6.98. The molecular weight excluding hydrogens is 720 g/mol. The van der Waals surface area contributed by atoms with Gasteiger partial charge in [0.2, 0.25) is 5.91 Å². The number of alkyl halides is 4. The molecule has 54 heavy (non-hydrogen) atoms. The lowest BCUT2D eigenvalue weighted by Gasteiger charge is -2.34. The molecule has 2 aliphatic heterocycles. The maximum atomic E-state index is 16.0. The Balaban J connectivity index is 1.62. The number of aromatic nitrogens is 1. The maximum absolute atomic E-state index is 16.0. The smallest absolute Gasteiger partial charge is 0.416 e. The van der Waals surface area contributed by atoms with Crippen molar-refractivity contribution in [3.05, 3.63) is 116 Å². The van der Waals surface area contributed by atoms with Crippen molar-refractivity contribution in [2.75, 3.05) is 19.6 Å². The predicted octanol–water partition coefficient (Wildman–Crippen LogP) is 6.88. The third-order valence-electron chi connectivity index (χ3n) is 9.74. The van der Waals surface area contributed by atoms with E-state index in [4.69, 9.17) is 4.74 Å². The van der Waals surface area contributed by atoms with Crippen molar-refractivity contribution in [3.63, 3.8) is 0 Å². The van der Waals surface area contributed by atoms with Crippen molar-refractivity contribution in [2.24, 2.45) is 0 Å². The molecule has 1 saturated heterocycles. The zero-order chi connectivity index (χ0) is 39.4. The molecule has 3 heterocycles. The third kappa shape index (κ3) is 7.73. The van der Waals surface area contributed by atoms with Crippen LogP contribution in [0.25, 0.3) is 11.1 Å². The molecule has 0 radical (unpaired) electrons. The number of hydrogen-bond acceptors (Lipinski definition) is 6. The second-order valence-corrected chi connectivity index (χ2v) is 14.3. The van der Waals surface area contributed by atoms with Crippen LogP contribution < -0.4 is 15.6 Å². The van der Waals surface area contributed by atoms with Crippen LogP contribution in [0.2, 0.25) is 0 Å². The summed E-state index contributed by atoms with van der Waals surface area (Å²) in [6.45, 7) is 6.22. The topological polar surface area (TPSA) is 121 Å². The van der Waals surface area contributed by atoms with Gasteiger partial charge < -0.3 is 20.3 Å². The quantitative estimate of drug-likeness (QED) is 0.176. The molecule has 4 bridgehead atoms. The lowest BCUT2D eigenvalue weighted by Crippen LogP contribution is -2.49. The largest absolute Gasteiger partial charge is 0.481 e. The molecule has 1 amide bonds. The third-order valence-corrected chi connectivity index (χ3v) is 9.74. The molecule has 0 saturated carbocycles. The molecule has 0 aliphatic carbocycles. The summed E-state index contributed by atoms with van der Waals surface area (Å²) in [5, 5.41) is 23.2. The second-order valence-electron chi connectivity index (χ2n) is 14.3. The summed E-state index contributed by atoms with van der Waals surface area (Å²) < 4.78 is 95.2. The van der Waals surface area contributed by atoms with Gasteiger partial charge in [-0.2, -0.15) is 13.2 Å². The van der Waals surface area contributed by atoms with Gasteiger partial charge in [-0.1, -0.05) is 6.07 Å². The molecule has 15 heteroatoms. The maximum Gasteiger partial charge on any atom is 0.416 e. The van der Waals surface area contributed by atoms with Crippen molar-refractivity contribution in [1.29, 1.82) is 0 Å². The Morgan fingerprint density at radius 3 is 2.31 bits per heavy atom. The SMILES string of the molecule is Cc1cc2cc(c1F)[C@@H](CC(=O)O)NC(=O)[C@H](n1cc(CCN3CC(F)C3)c(C(F)(F)F)cc1=O)c1cc(ccc1F)Oc1cc(C(C)(C)O)cc(C)c1-2. The summed E-state index contributed by atoms with van der Waals surface area (Å²) in [5.41, 5.74) is -3.48. The predicted molar refractivity (Wildman–Crippen MR) is 185 cm³/mol. The highest BCUT2D eigenvalue weighted by molar-refractivity contribution is 5.85. The number of nitrogens with one attached hydrogen (secondary N) is 1. The van der Waals surface area contributed by atoms with E-state index in [2.05, 4.69) is 5.32 Å². The van der Waals surface area contributed by atoms with Crippen molar-refractivity contribution >= 4 is 11.9 Å². The molecule has 0 unspecified atom stereocenters. The lowest BCUT2D eigenvalue weighted by molar-refractivity contribution is -0.139.